The number of ether oxygens (including phenoxy) is 1. The molecule has 0 bridgehead atoms. The summed E-state index contributed by atoms with van der Waals surface area (Å²) in [4.78, 5) is 0.129. The molecule has 8 heteroatoms. The average molecular weight is 408 g/mol. The molecule has 0 aliphatic carbocycles. The summed E-state index contributed by atoms with van der Waals surface area (Å²) in [5.41, 5.74) is 1.70. The van der Waals surface area contributed by atoms with Crippen molar-refractivity contribution in [1.29, 1.82) is 0 Å². The van der Waals surface area contributed by atoms with Crippen molar-refractivity contribution in [2.24, 2.45) is 0 Å². The predicted octanol–water partition coefficient (Wildman–Crippen LogP) is 3.89. The van der Waals surface area contributed by atoms with Crippen LogP contribution in [0.2, 0.25) is 0 Å². The maximum absolute atomic E-state index is 12.9. The van der Waals surface area contributed by atoms with Gasteiger partial charge in [0.15, 0.2) is 5.11 Å². The lowest BCUT2D eigenvalue weighted by Crippen LogP contribution is -2.34. The van der Waals surface area contributed by atoms with Gasteiger partial charge in [0.25, 0.3) is 10.0 Å². The largest absolute Gasteiger partial charge is 0.494 e. The van der Waals surface area contributed by atoms with E-state index >= 15 is 0 Å². The lowest BCUT2D eigenvalue weighted by atomic mass is 10.2. The van der Waals surface area contributed by atoms with Crippen LogP contribution < -0.4 is 20.1 Å². The Morgan fingerprint density at radius 2 is 1.81 bits per heavy atom. The van der Waals surface area contributed by atoms with Crippen molar-refractivity contribution in [2.75, 3.05) is 16.6 Å². The Kier molecular flexibility index (Phi) is 7.04. The Labute approximate surface area is 166 Å². The first kappa shape index (κ1) is 21.0. The van der Waals surface area contributed by atoms with Crippen LogP contribution >= 0.6 is 12.2 Å². The van der Waals surface area contributed by atoms with E-state index in [4.69, 9.17) is 17.0 Å². The molecule has 0 unspecified atom stereocenters. The molecule has 0 aliphatic heterocycles. The molecule has 2 rings (SSSR count). The van der Waals surface area contributed by atoms with Gasteiger partial charge in [-0.05, 0) is 81.9 Å². The number of rotatable bonds is 7. The summed E-state index contributed by atoms with van der Waals surface area (Å²) in [6.45, 7) is 8.18. The monoisotopic (exact) mass is 407 g/mol. The minimum Gasteiger partial charge on any atom is -0.494 e. The Balaban J connectivity index is 2.28. The Morgan fingerprint density at radius 1 is 1.15 bits per heavy atom. The number of benzene rings is 2. The highest BCUT2D eigenvalue weighted by atomic mass is 32.2. The molecule has 0 amide bonds. The molecule has 0 spiro atoms. The molecule has 0 aromatic heterocycles. The van der Waals surface area contributed by atoms with E-state index in [1.807, 2.05) is 33.8 Å². The number of sulfonamides is 1. The first-order valence-electron chi connectivity index (χ1n) is 8.65. The van der Waals surface area contributed by atoms with Crippen LogP contribution in [0.3, 0.4) is 0 Å². The quantitative estimate of drug-likeness (QED) is 0.605. The number of aryl methyl sites for hydroxylation is 1. The van der Waals surface area contributed by atoms with Gasteiger partial charge in [-0.25, -0.2) is 8.42 Å². The smallest absolute Gasteiger partial charge is 0.263 e. The molecule has 0 saturated heterocycles. The molecule has 2 aromatic carbocycles. The van der Waals surface area contributed by atoms with Gasteiger partial charge in [0.05, 0.1) is 12.3 Å². The van der Waals surface area contributed by atoms with Crippen LogP contribution in [0.5, 0.6) is 5.75 Å². The molecule has 2 aromatic rings. The maximum Gasteiger partial charge on any atom is 0.263 e. The molecular formula is C19H25N3O3S2. The standard InChI is InChI=1S/C19H25N3O3S2/c1-5-25-16-9-7-15(8-10-16)22-27(23,24)18-12-14(4)6-11-17(18)21-19(26)20-13(2)3/h6-13,22H,5H2,1-4H3,(H2,20,21,26). The van der Waals surface area contributed by atoms with Crippen molar-refractivity contribution in [2.45, 2.75) is 38.6 Å². The maximum atomic E-state index is 12.9. The van der Waals surface area contributed by atoms with Crippen molar-refractivity contribution in [3.8, 4) is 5.75 Å². The fraction of sp³-hybridized carbons (Fsp3) is 0.316. The van der Waals surface area contributed by atoms with E-state index in [-0.39, 0.29) is 10.9 Å². The molecule has 27 heavy (non-hydrogen) atoms. The lowest BCUT2D eigenvalue weighted by molar-refractivity contribution is 0.340. The number of hydrogen-bond acceptors (Lipinski definition) is 4. The SMILES string of the molecule is CCOc1ccc(NS(=O)(=O)c2cc(C)ccc2NC(=S)NC(C)C)cc1. The summed E-state index contributed by atoms with van der Waals surface area (Å²) in [5, 5.41) is 6.38. The van der Waals surface area contributed by atoms with Gasteiger partial charge in [0.2, 0.25) is 0 Å². The molecule has 0 atom stereocenters. The fourth-order valence-corrected chi connectivity index (χ4v) is 4.02. The molecule has 0 saturated carbocycles. The van der Waals surface area contributed by atoms with Gasteiger partial charge in [-0.1, -0.05) is 6.07 Å². The van der Waals surface area contributed by atoms with Crippen LogP contribution in [-0.4, -0.2) is 26.2 Å². The van der Waals surface area contributed by atoms with E-state index in [2.05, 4.69) is 15.4 Å². The van der Waals surface area contributed by atoms with E-state index in [1.54, 1.807) is 36.4 Å². The summed E-state index contributed by atoms with van der Waals surface area (Å²) in [6.07, 6.45) is 0. The third kappa shape index (κ3) is 6.11. The van der Waals surface area contributed by atoms with Crippen molar-refractivity contribution >= 4 is 38.7 Å². The molecule has 146 valence electrons. The van der Waals surface area contributed by atoms with Gasteiger partial charge < -0.3 is 15.4 Å². The van der Waals surface area contributed by atoms with Crippen LogP contribution in [0.1, 0.15) is 26.3 Å². The highest BCUT2D eigenvalue weighted by molar-refractivity contribution is 7.93. The number of hydrogen-bond donors (Lipinski definition) is 3. The van der Waals surface area contributed by atoms with Crippen molar-refractivity contribution in [1.82, 2.24) is 5.32 Å². The average Bonchev–Trinajstić information content (AvgIpc) is 2.57. The summed E-state index contributed by atoms with van der Waals surface area (Å²) in [6, 6.07) is 12.0. The summed E-state index contributed by atoms with van der Waals surface area (Å²) < 4.78 is 33.9. The molecular weight excluding hydrogens is 382 g/mol. The topological polar surface area (TPSA) is 79.5 Å². The molecule has 0 radical (unpaired) electrons. The van der Waals surface area contributed by atoms with E-state index in [0.29, 0.717) is 28.8 Å². The van der Waals surface area contributed by atoms with Gasteiger partial charge in [-0.15, -0.1) is 0 Å². The Hall–Kier alpha value is -2.32. The van der Waals surface area contributed by atoms with Crippen molar-refractivity contribution in [3.05, 3.63) is 48.0 Å². The Morgan fingerprint density at radius 3 is 2.41 bits per heavy atom. The molecule has 0 heterocycles. The Bertz CT molecular complexity index is 895. The van der Waals surface area contributed by atoms with E-state index in [1.165, 1.54) is 0 Å². The number of nitrogens with one attached hydrogen (secondary N) is 3. The number of anilines is 2. The molecule has 0 aliphatic rings. The van der Waals surface area contributed by atoms with Gasteiger partial charge in [0, 0.05) is 11.7 Å². The van der Waals surface area contributed by atoms with E-state index in [9.17, 15) is 8.42 Å². The zero-order valence-electron chi connectivity index (χ0n) is 15.9. The van der Waals surface area contributed by atoms with Gasteiger partial charge >= 0.3 is 0 Å². The molecule has 6 nitrogen and oxygen atoms in total. The van der Waals surface area contributed by atoms with E-state index in [0.717, 1.165) is 5.56 Å². The summed E-state index contributed by atoms with van der Waals surface area (Å²) >= 11 is 5.25. The summed E-state index contributed by atoms with van der Waals surface area (Å²) in [7, 11) is -3.81. The fourth-order valence-electron chi connectivity index (χ4n) is 2.37. The lowest BCUT2D eigenvalue weighted by Gasteiger charge is -2.17. The van der Waals surface area contributed by atoms with E-state index < -0.39 is 10.0 Å². The zero-order valence-corrected chi connectivity index (χ0v) is 17.5. The van der Waals surface area contributed by atoms with Gasteiger partial charge in [0.1, 0.15) is 10.6 Å². The molecule has 3 N–H and O–H groups in total. The zero-order chi connectivity index (χ0) is 20.0. The molecule has 0 fully saturated rings. The third-order valence-corrected chi connectivity index (χ3v) is 5.15. The highest BCUT2D eigenvalue weighted by Gasteiger charge is 2.20. The third-order valence-electron chi connectivity index (χ3n) is 3.51. The normalized spacial score (nSPS) is 11.1. The predicted molar refractivity (Wildman–Crippen MR) is 114 cm³/mol. The second-order valence-electron chi connectivity index (χ2n) is 6.32. The first-order chi connectivity index (χ1) is 12.7. The van der Waals surface area contributed by atoms with Crippen LogP contribution in [0.15, 0.2) is 47.4 Å². The first-order valence-corrected chi connectivity index (χ1v) is 10.5. The van der Waals surface area contributed by atoms with Gasteiger partial charge in [-0.3, -0.25) is 4.72 Å². The minimum atomic E-state index is -3.81. The van der Waals surface area contributed by atoms with Crippen molar-refractivity contribution < 1.29 is 13.2 Å². The van der Waals surface area contributed by atoms with Crippen LogP contribution in [0.25, 0.3) is 0 Å². The minimum absolute atomic E-state index is 0.129. The second kappa shape index (κ2) is 9.05. The summed E-state index contributed by atoms with van der Waals surface area (Å²) in [5.74, 6) is 0.684. The van der Waals surface area contributed by atoms with Crippen LogP contribution in [0.4, 0.5) is 11.4 Å². The van der Waals surface area contributed by atoms with Gasteiger partial charge in [-0.2, -0.15) is 0 Å². The highest BCUT2D eigenvalue weighted by Crippen LogP contribution is 2.26. The van der Waals surface area contributed by atoms with Crippen molar-refractivity contribution in [3.63, 3.8) is 0 Å². The van der Waals surface area contributed by atoms with Crippen LogP contribution in [-0.2, 0) is 10.0 Å². The second-order valence-corrected chi connectivity index (χ2v) is 8.37. The van der Waals surface area contributed by atoms with Crippen LogP contribution in [0, 0.1) is 6.92 Å². The number of thiocarbonyl (C=S) groups is 1.